The molecule has 1 aliphatic heterocycles. The number of aromatic nitrogens is 1. The summed E-state index contributed by atoms with van der Waals surface area (Å²) in [5, 5.41) is 0. The third kappa shape index (κ3) is 5.22. The van der Waals surface area contributed by atoms with Gasteiger partial charge in [-0.3, -0.25) is 9.78 Å². The zero-order valence-corrected chi connectivity index (χ0v) is 15.3. The quantitative estimate of drug-likeness (QED) is 0.765. The molecule has 2 heterocycles. The molecule has 1 aliphatic rings. The van der Waals surface area contributed by atoms with Crippen LogP contribution in [-0.4, -0.2) is 42.6 Å². The minimum atomic E-state index is 0.222. The second-order valence-corrected chi connectivity index (χ2v) is 6.70. The Morgan fingerprint density at radius 3 is 2.96 bits per heavy atom. The molecule has 5 heteroatoms. The zero-order chi connectivity index (χ0) is 18.2. The lowest BCUT2D eigenvalue weighted by Gasteiger charge is -2.32. The molecule has 1 amide bonds. The molecule has 0 spiro atoms. The summed E-state index contributed by atoms with van der Waals surface area (Å²) in [6, 6.07) is 11.6. The number of amides is 1. The Kier molecular flexibility index (Phi) is 6.47. The molecule has 1 atom stereocenters. The number of pyridine rings is 1. The Hall–Kier alpha value is -2.56. The van der Waals surface area contributed by atoms with Crippen LogP contribution in [0.4, 0.5) is 0 Å². The molecule has 0 bridgehead atoms. The molecule has 1 fully saturated rings. The molecule has 3 rings (SSSR count). The van der Waals surface area contributed by atoms with E-state index < -0.39 is 0 Å². The predicted octanol–water partition coefficient (Wildman–Crippen LogP) is 3.34. The SMILES string of the molecule is COc1cccc(OC[C@@H]2CCCN(C(=O)CCc3cccnc3)C2)c1. The maximum Gasteiger partial charge on any atom is 0.222 e. The van der Waals surface area contributed by atoms with Crippen molar-refractivity contribution in [1.29, 1.82) is 0 Å². The number of piperidine rings is 1. The molecule has 1 aromatic heterocycles. The summed E-state index contributed by atoms with van der Waals surface area (Å²) in [7, 11) is 1.65. The number of hydrogen-bond donors (Lipinski definition) is 0. The van der Waals surface area contributed by atoms with Crippen molar-refractivity contribution in [3.05, 3.63) is 54.4 Å². The van der Waals surface area contributed by atoms with Crippen molar-refractivity contribution in [2.75, 3.05) is 26.8 Å². The summed E-state index contributed by atoms with van der Waals surface area (Å²) >= 11 is 0. The minimum absolute atomic E-state index is 0.222. The Morgan fingerprint density at radius 1 is 1.27 bits per heavy atom. The number of hydrogen-bond acceptors (Lipinski definition) is 4. The molecule has 0 saturated carbocycles. The van der Waals surface area contributed by atoms with E-state index in [1.807, 2.05) is 47.5 Å². The number of methoxy groups -OCH3 is 1. The fraction of sp³-hybridized carbons (Fsp3) is 0.429. The molecule has 0 aliphatic carbocycles. The molecule has 26 heavy (non-hydrogen) atoms. The van der Waals surface area contributed by atoms with Crippen LogP contribution in [0.25, 0.3) is 0 Å². The van der Waals surface area contributed by atoms with E-state index >= 15 is 0 Å². The predicted molar refractivity (Wildman–Crippen MR) is 100 cm³/mol. The molecular formula is C21H26N2O3. The van der Waals surface area contributed by atoms with Gasteiger partial charge >= 0.3 is 0 Å². The first-order chi connectivity index (χ1) is 12.7. The van der Waals surface area contributed by atoms with E-state index in [0.717, 1.165) is 49.4 Å². The number of nitrogens with zero attached hydrogens (tertiary/aromatic N) is 2. The van der Waals surface area contributed by atoms with E-state index in [-0.39, 0.29) is 5.91 Å². The maximum atomic E-state index is 12.5. The molecule has 138 valence electrons. The summed E-state index contributed by atoms with van der Waals surface area (Å²) in [4.78, 5) is 18.6. The van der Waals surface area contributed by atoms with Gasteiger partial charge in [0.05, 0.1) is 13.7 Å². The van der Waals surface area contributed by atoms with Gasteiger partial charge in [-0.05, 0) is 43.0 Å². The molecule has 5 nitrogen and oxygen atoms in total. The summed E-state index contributed by atoms with van der Waals surface area (Å²) in [5.41, 5.74) is 1.11. The first kappa shape index (κ1) is 18.2. The van der Waals surface area contributed by atoms with E-state index in [2.05, 4.69) is 4.98 Å². The third-order valence-electron chi connectivity index (χ3n) is 4.75. The monoisotopic (exact) mass is 354 g/mol. The van der Waals surface area contributed by atoms with Gasteiger partial charge in [-0.25, -0.2) is 0 Å². The molecular weight excluding hydrogens is 328 g/mol. The van der Waals surface area contributed by atoms with Gasteiger partial charge in [-0.1, -0.05) is 12.1 Å². The van der Waals surface area contributed by atoms with Gasteiger partial charge < -0.3 is 14.4 Å². The third-order valence-corrected chi connectivity index (χ3v) is 4.75. The van der Waals surface area contributed by atoms with Crippen LogP contribution in [-0.2, 0) is 11.2 Å². The van der Waals surface area contributed by atoms with Crippen molar-refractivity contribution in [3.8, 4) is 11.5 Å². The number of likely N-dealkylation sites (tertiary alicyclic amines) is 1. The van der Waals surface area contributed by atoms with Crippen LogP contribution in [0.5, 0.6) is 11.5 Å². The second kappa shape index (κ2) is 9.22. The standard InChI is InChI=1S/C21H26N2O3/c1-25-19-7-2-8-20(13-19)26-16-18-6-4-12-23(15-18)21(24)10-9-17-5-3-11-22-14-17/h2-3,5,7-8,11,13-14,18H,4,6,9-10,12,15-16H2,1H3/t18-/m1/s1. The van der Waals surface area contributed by atoms with Crippen LogP contribution in [0, 0.1) is 5.92 Å². The molecule has 0 radical (unpaired) electrons. The highest BCUT2D eigenvalue weighted by Gasteiger charge is 2.24. The highest BCUT2D eigenvalue weighted by molar-refractivity contribution is 5.76. The molecule has 2 aromatic rings. The fourth-order valence-corrected chi connectivity index (χ4v) is 3.29. The maximum absolute atomic E-state index is 12.5. The van der Waals surface area contributed by atoms with Crippen LogP contribution in [0.3, 0.4) is 0 Å². The highest BCUT2D eigenvalue weighted by Crippen LogP contribution is 2.22. The highest BCUT2D eigenvalue weighted by atomic mass is 16.5. The van der Waals surface area contributed by atoms with Gasteiger partial charge in [0.1, 0.15) is 11.5 Å². The number of rotatable bonds is 7. The van der Waals surface area contributed by atoms with Crippen LogP contribution < -0.4 is 9.47 Å². The van der Waals surface area contributed by atoms with Crippen LogP contribution in [0.2, 0.25) is 0 Å². The van der Waals surface area contributed by atoms with Gasteiger partial charge in [0, 0.05) is 43.9 Å². The van der Waals surface area contributed by atoms with Gasteiger partial charge in [-0.2, -0.15) is 0 Å². The van der Waals surface area contributed by atoms with Crippen LogP contribution in [0.15, 0.2) is 48.8 Å². The van der Waals surface area contributed by atoms with Crippen LogP contribution >= 0.6 is 0 Å². The lowest BCUT2D eigenvalue weighted by molar-refractivity contribution is -0.133. The first-order valence-corrected chi connectivity index (χ1v) is 9.18. The summed E-state index contributed by atoms with van der Waals surface area (Å²) in [6.45, 7) is 2.25. The van der Waals surface area contributed by atoms with E-state index in [1.54, 1.807) is 13.3 Å². The normalized spacial score (nSPS) is 17.0. The van der Waals surface area contributed by atoms with Gasteiger partial charge in [0.15, 0.2) is 0 Å². The largest absolute Gasteiger partial charge is 0.497 e. The Morgan fingerprint density at radius 2 is 2.15 bits per heavy atom. The lowest BCUT2D eigenvalue weighted by atomic mass is 9.98. The van der Waals surface area contributed by atoms with Crippen molar-refractivity contribution < 1.29 is 14.3 Å². The van der Waals surface area contributed by atoms with Crippen molar-refractivity contribution >= 4 is 5.91 Å². The van der Waals surface area contributed by atoms with Gasteiger partial charge in [0.2, 0.25) is 5.91 Å². The van der Waals surface area contributed by atoms with Crippen LogP contribution in [0.1, 0.15) is 24.8 Å². The average Bonchev–Trinajstić information content (AvgIpc) is 2.71. The van der Waals surface area contributed by atoms with E-state index in [4.69, 9.17) is 9.47 Å². The van der Waals surface area contributed by atoms with E-state index in [0.29, 0.717) is 18.9 Å². The van der Waals surface area contributed by atoms with Gasteiger partial charge in [0.25, 0.3) is 0 Å². The molecule has 0 unspecified atom stereocenters. The zero-order valence-electron chi connectivity index (χ0n) is 15.3. The van der Waals surface area contributed by atoms with Crippen molar-refractivity contribution in [2.45, 2.75) is 25.7 Å². The van der Waals surface area contributed by atoms with E-state index in [9.17, 15) is 4.79 Å². The van der Waals surface area contributed by atoms with Gasteiger partial charge in [-0.15, -0.1) is 0 Å². The van der Waals surface area contributed by atoms with Crippen molar-refractivity contribution in [1.82, 2.24) is 9.88 Å². The average molecular weight is 354 g/mol. The number of ether oxygens (including phenoxy) is 2. The second-order valence-electron chi connectivity index (χ2n) is 6.70. The Labute approximate surface area is 155 Å². The van der Waals surface area contributed by atoms with Crippen molar-refractivity contribution in [3.63, 3.8) is 0 Å². The Balaban J connectivity index is 1.46. The minimum Gasteiger partial charge on any atom is -0.497 e. The smallest absolute Gasteiger partial charge is 0.222 e. The first-order valence-electron chi connectivity index (χ1n) is 9.18. The number of carbonyl (C=O) groups excluding carboxylic acids is 1. The number of carbonyl (C=O) groups is 1. The number of benzene rings is 1. The summed E-state index contributed by atoms with van der Waals surface area (Å²) in [6.07, 6.45) is 6.99. The fourth-order valence-electron chi connectivity index (χ4n) is 3.29. The lowest BCUT2D eigenvalue weighted by Crippen LogP contribution is -2.41. The van der Waals surface area contributed by atoms with Crippen molar-refractivity contribution in [2.24, 2.45) is 5.92 Å². The molecule has 1 aromatic carbocycles. The van der Waals surface area contributed by atoms with E-state index in [1.165, 1.54) is 0 Å². The summed E-state index contributed by atoms with van der Waals surface area (Å²) in [5.74, 6) is 2.19. The number of aryl methyl sites for hydroxylation is 1. The Bertz CT molecular complexity index is 705. The molecule has 1 saturated heterocycles. The summed E-state index contributed by atoms with van der Waals surface area (Å²) < 4.78 is 11.1. The topological polar surface area (TPSA) is 51.7 Å². The molecule has 0 N–H and O–H groups in total.